The second-order valence-electron chi connectivity index (χ2n) is 4.18. The Balaban J connectivity index is 3.07. The zero-order valence-electron chi connectivity index (χ0n) is 10.7. The number of hydrogen-bond donors (Lipinski definition) is 2. The van der Waals surface area contributed by atoms with E-state index >= 15 is 0 Å². The van der Waals surface area contributed by atoms with E-state index in [0.29, 0.717) is 10.9 Å². The van der Waals surface area contributed by atoms with Gasteiger partial charge in [-0.05, 0) is 23.3 Å². The second-order valence-corrected chi connectivity index (χ2v) is 4.18. The molecule has 0 atom stereocenters. The molecule has 0 saturated heterocycles. The summed E-state index contributed by atoms with van der Waals surface area (Å²) >= 11 is 0. The maximum absolute atomic E-state index is 11.7. The molecule has 0 fully saturated rings. The molecule has 19 heavy (non-hydrogen) atoms. The minimum absolute atomic E-state index is 0.135. The van der Waals surface area contributed by atoms with E-state index in [2.05, 4.69) is 0 Å². The van der Waals surface area contributed by atoms with Gasteiger partial charge in [-0.25, -0.2) is 0 Å². The molecule has 0 spiro atoms. The highest BCUT2D eigenvalue weighted by Gasteiger charge is 2.23. The summed E-state index contributed by atoms with van der Waals surface area (Å²) in [6, 6.07) is 7.17. The lowest BCUT2D eigenvalue weighted by molar-refractivity contribution is 0.0996. The number of primary amides is 2. The van der Waals surface area contributed by atoms with Crippen LogP contribution in [0.3, 0.4) is 0 Å². The molecule has 0 aliphatic rings. The number of ether oxygens (including phenoxy) is 1. The van der Waals surface area contributed by atoms with E-state index in [9.17, 15) is 9.59 Å². The predicted molar refractivity (Wildman–Crippen MR) is 72.3 cm³/mol. The SMILES string of the molecule is COc1c(C(N)=O)c(C)c2ccccc2c1C(N)=O. The molecule has 0 aromatic heterocycles. The second kappa shape index (κ2) is 4.61. The van der Waals surface area contributed by atoms with Crippen LogP contribution in [0.4, 0.5) is 0 Å². The lowest BCUT2D eigenvalue weighted by Crippen LogP contribution is -2.20. The standard InChI is InChI=1S/C14H14N2O3/c1-7-8-5-3-4-6-9(8)11(14(16)18)12(19-2)10(7)13(15)17/h3-6H,1-2H3,(H2,15,17)(H2,16,18). The van der Waals surface area contributed by atoms with E-state index in [1.54, 1.807) is 19.1 Å². The number of benzene rings is 2. The smallest absolute Gasteiger partial charge is 0.253 e. The number of aryl methyl sites for hydroxylation is 1. The summed E-state index contributed by atoms with van der Waals surface area (Å²) in [5.74, 6) is -1.17. The van der Waals surface area contributed by atoms with Gasteiger partial charge >= 0.3 is 0 Å². The maximum atomic E-state index is 11.7. The van der Waals surface area contributed by atoms with Crippen molar-refractivity contribution in [3.8, 4) is 5.75 Å². The molecule has 0 heterocycles. The van der Waals surface area contributed by atoms with Gasteiger partial charge in [-0.2, -0.15) is 0 Å². The van der Waals surface area contributed by atoms with Crippen molar-refractivity contribution in [3.63, 3.8) is 0 Å². The molecule has 4 N–H and O–H groups in total. The van der Waals surface area contributed by atoms with Gasteiger partial charge in [0.25, 0.3) is 11.8 Å². The monoisotopic (exact) mass is 258 g/mol. The number of rotatable bonds is 3. The number of fused-ring (bicyclic) bond motifs is 1. The molecule has 5 nitrogen and oxygen atoms in total. The van der Waals surface area contributed by atoms with Crippen LogP contribution in [-0.4, -0.2) is 18.9 Å². The van der Waals surface area contributed by atoms with Gasteiger partial charge in [0.15, 0.2) is 0 Å². The Labute approximate surface area is 110 Å². The van der Waals surface area contributed by atoms with Gasteiger partial charge in [0.2, 0.25) is 0 Å². The van der Waals surface area contributed by atoms with E-state index in [-0.39, 0.29) is 16.9 Å². The Morgan fingerprint density at radius 3 is 2.00 bits per heavy atom. The fourth-order valence-electron chi connectivity index (χ4n) is 2.33. The number of carbonyl (C=O) groups is 2. The first kappa shape index (κ1) is 12.9. The summed E-state index contributed by atoms with van der Waals surface area (Å²) in [5.41, 5.74) is 11.8. The molecule has 5 heteroatoms. The molecule has 2 aromatic carbocycles. The largest absolute Gasteiger partial charge is 0.495 e. The maximum Gasteiger partial charge on any atom is 0.253 e. The third kappa shape index (κ3) is 1.89. The molecule has 2 rings (SSSR count). The van der Waals surface area contributed by atoms with Crippen LogP contribution >= 0.6 is 0 Å². The van der Waals surface area contributed by atoms with Crippen molar-refractivity contribution >= 4 is 22.6 Å². The van der Waals surface area contributed by atoms with Crippen LogP contribution in [0.25, 0.3) is 10.8 Å². The Kier molecular flexibility index (Phi) is 3.12. The van der Waals surface area contributed by atoms with E-state index in [4.69, 9.17) is 16.2 Å². The summed E-state index contributed by atoms with van der Waals surface area (Å²) in [6.45, 7) is 1.76. The first-order chi connectivity index (χ1) is 8.99. The fraction of sp³-hybridized carbons (Fsp3) is 0.143. The van der Waals surface area contributed by atoms with Crippen LogP contribution in [0.2, 0.25) is 0 Å². The molecule has 98 valence electrons. The van der Waals surface area contributed by atoms with E-state index in [1.807, 2.05) is 12.1 Å². The summed E-state index contributed by atoms with van der Waals surface area (Å²) in [4.78, 5) is 23.3. The topological polar surface area (TPSA) is 95.4 Å². The van der Waals surface area contributed by atoms with Gasteiger partial charge in [0.1, 0.15) is 5.75 Å². The molecular formula is C14H14N2O3. The number of hydrogen-bond acceptors (Lipinski definition) is 3. The minimum atomic E-state index is -0.657. The van der Waals surface area contributed by atoms with Crippen LogP contribution in [0.5, 0.6) is 5.75 Å². The molecule has 2 amide bonds. The van der Waals surface area contributed by atoms with E-state index < -0.39 is 11.8 Å². The van der Waals surface area contributed by atoms with Crippen LogP contribution < -0.4 is 16.2 Å². The molecule has 0 aliphatic heterocycles. The third-order valence-corrected chi connectivity index (χ3v) is 3.13. The quantitative estimate of drug-likeness (QED) is 0.869. The summed E-state index contributed by atoms with van der Waals surface area (Å²) < 4.78 is 5.19. The molecule has 0 saturated carbocycles. The zero-order chi connectivity index (χ0) is 14.2. The molecule has 2 aromatic rings. The fourth-order valence-corrected chi connectivity index (χ4v) is 2.33. The first-order valence-electron chi connectivity index (χ1n) is 5.68. The van der Waals surface area contributed by atoms with Crippen molar-refractivity contribution in [3.05, 3.63) is 41.0 Å². The molecule has 0 aliphatic carbocycles. The van der Waals surface area contributed by atoms with Crippen molar-refractivity contribution in [1.82, 2.24) is 0 Å². The Morgan fingerprint density at radius 2 is 1.53 bits per heavy atom. The lowest BCUT2D eigenvalue weighted by Gasteiger charge is -2.16. The van der Waals surface area contributed by atoms with Crippen LogP contribution in [0.1, 0.15) is 26.3 Å². The first-order valence-corrected chi connectivity index (χ1v) is 5.68. The van der Waals surface area contributed by atoms with E-state index in [0.717, 1.165) is 5.39 Å². The number of amides is 2. The van der Waals surface area contributed by atoms with E-state index in [1.165, 1.54) is 7.11 Å². The highest BCUT2D eigenvalue weighted by molar-refractivity contribution is 6.14. The Morgan fingerprint density at radius 1 is 1.00 bits per heavy atom. The lowest BCUT2D eigenvalue weighted by atomic mass is 9.93. The van der Waals surface area contributed by atoms with Gasteiger partial charge in [-0.15, -0.1) is 0 Å². The van der Waals surface area contributed by atoms with Gasteiger partial charge in [0.05, 0.1) is 18.2 Å². The minimum Gasteiger partial charge on any atom is -0.495 e. The normalized spacial score (nSPS) is 10.4. The molecule has 0 unspecified atom stereocenters. The van der Waals surface area contributed by atoms with Gasteiger partial charge in [-0.1, -0.05) is 24.3 Å². The number of methoxy groups -OCH3 is 1. The van der Waals surface area contributed by atoms with Crippen molar-refractivity contribution in [2.75, 3.05) is 7.11 Å². The van der Waals surface area contributed by atoms with Crippen molar-refractivity contribution in [2.45, 2.75) is 6.92 Å². The molecular weight excluding hydrogens is 244 g/mol. The summed E-state index contributed by atoms with van der Waals surface area (Å²) in [7, 11) is 1.38. The zero-order valence-corrected chi connectivity index (χ0v) is 10.7. The summed E-state index contributed by atoms with van der Waals surface area (Å²) in [5, 5.41) is 1.40. The molecule has 0 radical (unpaired) electrons. The Bertz CT molecular complexity index is 693. The van der Waals surface area contributed by atoms with Crippen LogP contribution in [-0.2, 0) is 0 Å². The van der Waals surface area contributed by atoms with Crippen molar-refractivity contribution < 1.29 is 14.3 Å². The molecule has 0 bridgehead atoms. The Hall–Kier alpha value is -2.56. The average molecular weight is 258 g/mol. The van der Waals surface area contributed by atoms with Gasteiger partial charge < -0.3 is 16.2 Å². The van der Waals surface area contributed by atoms with Gasteiger partial charge in [0, 0.05) is 0 Å². The van der Waals surface area contributed by atoms with Crippen LogP contribution in [0.15, 0.2) is 24.3 Å². The highest BCUT2D eigenvalue weighted by Crippen LogP contribution is 2.35. The van der Waals surface area contributed by atoms with Crippen molar-refractivity contribution in [2.24, 2.45) is 11.5 Å². The predicted octanol–water partition coefficient (Wildman–Crippen LogP) is 1.35. The van der Waals surface area contributed by atoms with Gasteiger partial charge in [-0.3, -0.25) is 9.59 Å². The number of nitrogens with two attached hydrogens (primary N) is 2. The summed E-state index contributed by atoms with van der Waals surface area (Å²) in [6.07, 6.45) is 0. The van der Waals surface area contributed by atoms with Crippen LogP contribution in [0, 0.1) is 6.92 Å². The highest BCUT2D eigenvalue weighted by atomic mass is 16.5. The average Bonchev–Trinajstić information content (AvgIpc) is 2.37. The third-order valence-electron chi connectivity index (χ3n) is 3.13. The number of carbonyl (C=O) groups excluding carboxylic acids is 2. The van der Waals surface area contributed by atoms with Crippen molar-refractivity contribution in [1.29, 1.82) is 0 Å².